The van der Waals surface area contributed by atoms with Gasteiger partial charge in [-0.05, 0) is 17.5 Å². The average Bonchev–Trinajstić information content (AvgIpc) is 2.87. The molecule has 5 nitrogen and oxygen atoms in total. The van der Waals surface area contributed by atoms with Gasteiger partial charge in [0, 0.05) is 18.0 Å². The topological polar surface area (TPSA) is 68.0 Å². The fourth-order valence-corrected chi connectivity index (χ4v) is 2.89. The molecule has 2 aromatic carbocycles. The van der Waals surface area contributed by atoms with Crippen molar-refractivity contribution in [2.24, 2.45) is 7.05 Å². The lowest BCUT2D eigenvalue weighted by molar-refractivity contribution is -0.133. The molecular weight excluding hydrogens is 305 g/mol. The van der Waals surface area contributed by atoms with E-state index in [1.165, 1.54) is 6.07 Å². The third-order valence-electron chi connectivity index (χ3n) is 3.27. The minimum atomic E-state index is -0.915. The third-order valence-corrected chi connectivity index (χ3v) is 4.28. The van der Waals surface area contributed by atoms with Gasteiger partial charge in [-0.25, -0.2) is 4.39 Å². The number of fused-ring (bicyclic) bond motifs is 1. The number of thioether (sulfide) groups is 1. The molecule has 0 saturated heterocycles. The quantitative estimate of drug-likeness (QED) is 0.749. The van der Waals surface area contributed by atoms with Crippen LogP contribution in [-0.2, 0) is 11.8 Å². The summed E-state index contributed by atoms with van der Waals surface area (Å²) in [7, 11) is 1.76. The molecule has 1 heterocycles. The van der Waals surface area contributed by atoms with E-state index in [-0.39, 0.29) is 11.6 Å². The van der Waals surface area contributed by atoms with Gasteiger partial charge in [0.05, 0.1) is 5.75 Å². The first kappa shape index (κ1) is 14.5. The number of aromatic nitrogens is 3. The fraction of sp³-hybridized carbons (Fsp3) is 0.133. The maximum atomic E-state index is 13.9. The molecule has 0 spiro atoms. The van der Waals surface area contributed by atoms with Gasteiger partial charge in [-0.3, -0.25) is 4.79 Å². The first-order valence-corrected chi connectivity index (χ1v) is 7.48. The summed E-state index contributed by atoms with van der Waals surface area (Å²) in [6.45, 7) is 0. The van der Waals surface area contributed by atoms with Gasteiger partial charge in [0.1, 0.15) is 5.82 Å². The molecule has 1 aromatic heterocycles. The van der Waals surface area contributed by atoms with Crippen LogP contribution in [0.4, 0.5) is 4.39 Å². The second-order valence-electron chi connectivity index (χ2n) is 4.69. The van der Waals surface area contributed by atoms with Crippen LogP contribution in [0.5, 0.6) is 0 Å². The van der Waals surface area contributed by atoms with Gasteiger partial charge in [0.25, 0.3) is 0 Å². The second kappa shape index (κ2) is 5.76. The highest BCUT2D eigenvalue weighted by Gasteiger charge is 2.15. The van der Waals surface area contributed by atoms with Crippen molar-refractivity contribution in [1.82, 2.24) is 14.8 Å². The van der Waals surface area contributed by atoms with Gasteiger partial charge in [-0.1, -0.05) is 36.0 Å². The number of benzene rings is 2. The van der Waals surface area contributed by atoms with Crippen molar-refractivity contribution in [2.45, 2.75) is 5.16 Å². The Bertz CT molecular complexity index is 863. The zero-order valence-corrected chi connectivity index (χ0v) is 12.5. The molecule has 0 atom stereocenters. The second-order valence-corrected chi connectivity index (χ2v) is 5.63. The van der Waals surface area contributed by atoms with Crippen molar-refractivity contribution in [3.8, 4) is 11.4 Å². The lowest BCUT2D eigenvalue weighted by Gasteiger charge is -2.07. The molecule has 0 aliphatic carbocycles. The van der Waals surface area contributed by atoms with E-state index >= 15 is 0 Å². The lowest BCUT2D eigenvalue weighted by atomic mass is 10.0. The van der Waals surface area contributed by atoms with Crippen molar-refractivity contribution in [3.05, 3.63) is 42.2 Å². The maximum Gasteiger partial charge on any atom is 0.313 e. The number of halogens is 1. The van der Waals surface area contributed by atoms with E-state index in [4.69, 9.17) is 5.11 Å². The van der Waals surface area contributed by atoms with E-state index in [0.717, 1.165) is 22.7 Å². The molecule has 112 valence electrons. The van der Waals surface area contributed by atoms with E-state index < -0.39 is 5.97 Å². The molecule has 3 rings (SSSR count). The summed E-state index contributed by atoms with van der Waals surface area (Å²) in [5, 5.41) is 18.6. The van der Waals surface area contributed by atoms with Gasteiger partial charge in [-0.15, -0.1) is 10.2 Å². The minimum absolute atomic E-state index is 0.0872. The van der Waals surface area contributed by atoms with E-state index in [2.05, 4.69) is 10.2 Å². The average molecular weight is 317 g/mol. The largest absolute Gasteiger partial charge is 0.481 e. The highest BCUT2D eigenvalue weighted by Crippen LogP contribution is 2.30. The summed E-state index contributed by atoms with van der Waals surface area (Å²) in [4.78, 5) is 10.7. The lowest BCUT2D eigenvalue weighted by Crippen LogP contribution is -2.01. The molecule has 0 bridgehead atoms. The van der Waals surface area contributed by atoms with Crippen LogP contribution in [0.15, 0.2) is 41.6 Å². The fourth-order valence-electron chi connectivity index (χ4n) is 2.26. The number of nitrogens with zero attached hydrogens (tertiary/aromatic N) is 3. The molecule has 22 heavy (non-hydrogen) atoms. The summed E-state index contributed by atoms with van der Waals surface area (Å²) in [5.74, 6) is -0.719. The van der Waals surface area contributed by atoms with Crippen LogP contribution in [-0.4, -0.2) is 31.6 Å². The van der Waals surface area contributed by atoms with Crippen molar-refractivity contribution >= 4 is 28.5 Å². The minimum Gasteiger partial charge on any atom is -0.481 e. The van der Waals surface area contributed by atoms with Gasteiger partial charge in [0.15, 0.2) is 11.0 Å². The third kappa shape index (κ3) is 2.55. The Morgan fingerprint density at radius 2 is 1.95 bits per heavy atom. The number of hydrogen-bond donors (Lipinski definition) is 1. The van der Waals surface area contributed by atoms with E-state index in [1.54, 1.807) is 29.8 Å². The molecule has 1 N–H and O–H groups in total. The first-order valence-electron chi connectivity index (χ1n) is 6.49. The smallest absolute Gasteiger partial charge is 0.313 e. The number of aliphatic carboxylic acids is 1. The number of carboxylic acid groups (broad SMARTS) is 1. The van der Waals surface area contributed by atoms with Gasteiger partial charge in [-0.2, -0.15) is 0 Å². The summed E-state index contributed by atoms with van der Waals surface area (Å²) in [5.41, 5.74) is 0.758. The Morgan fingerprint density at radius 1 is 1.23 bits per heavy atom. The molecule has 0 aliphatic heterocycles. The normalized spacial score (nSPS) is 11.0. The predicted molar refractivity (Wildman–Crippen MR) is 82.3 cm³/mol. The number of hydrogen-bond acceptors (Lipinski definition) is 4. The zero-order valence-electron chi connectivity index (χ0n) is 11.7. The van der Waals surface area contributed by atoms with Crippen LogP contribution in [0.25, 0.3) is 22.2 Å². The van der Waals surface area contributed by atoms with Crippen LogP contribution < -0.4 is 0 Å². The Balaban J connectivity index is 2.09. The molecule has 0 saturated carbocycles. The Kier molecular flexibility index (Phi) is 3.81. The molecular formula is C15H12FN3O2S. The van der Waals surface area contributed by atoms with Gasteiger partial charge < -0.3 is 9.67 Å². The van der Waals surface area contributed by atoms with Crippen molar-refractivity contribution in [2.75, 3.05) is 5.75 Å². The van der Waals surface area contributed by atoms with Crippen molar-refractivity contribution in [3.63, 3.8) is 0 Å². The summed E-state index contributed by atoms with van der Waals surface area (Å²) in [6.07, 6.45) is 0. The standard InChI is InChI=1S/C15H12FN3O2S/c1-19-14(17-18-15(19)22-8-13(20)21)11-6-7-12(16)10-5-3-2-4-9(10)11/h2-7H,8H2,1H3,(H,20,21). The SMILES string of the molecule is Cn1c(SCC(=O)O)nnc1-c1ccc(F)c2ccccc12. The summed E-state index contributed by atoms with van der Waals surface area (Å²) < 4.78 is 15.6. The Morgan fingerprint density at radius 3 is 2.68 bits per heavy atom. The van der Waals surface area contributed by atoms with Gasteiger partial charge >= 0.3 is 5.97 Å². The van der Waals surface area contributed by atoms with Crippen molar-refractivity contribution in [1.29, 1.82) is 0 Å². The van der Waals surface area contributed by atoms with Crippen LogP contribution in [0.1, 0.15) is 0 Å². The Labute approximate surface area is 129 Å². The van der Waals surface area contributed by atoms with Crippen molar-refractivity contribution < 1.29 is 14.3 Å². The molecule has 0 radical (unpaired) electrons. The van der Waals surface area contributed by atoms with Crippen LogP contribution in [0.2, 0.25) is 0 Å². The van der Waals surface area contributed by atoms with Gasteiger partial charge in [0.2, 0.25) is 0 Å². The van der Waals surface area contributed by atoms with E-state index in [0.29, 0.717) is 16.4 Å². The first-order chi connectivity index (χ1) is 10.6. The highest BCUT2D eigenvalue weighted by atomic mass is 32.2. The van der Waals surface area contributed by atoms with E-state index in [1.807, 2.05) is 12.1 Å². The molecule has 0 fully saturated rings. The van der Waals surface area contributed by atoms with Crippen LogP contribution in [0.3, 0.4) is 0 Å². The summed E-state index contributed by atoms with van der Waals surface area (Å²) in [6, 6.07) is 10.2. The molecule has 3 aromatic rings. The highest BCUT2D eigenvalue weighted by molar-refractivity contribution is 7.99. The van der Waals surface area contributed by atoms with Crippen LogP contribution in [0, 0.1) is 5.82 Å². The molecule has 7 heteroatoms. The monoisotopic (exact) mass is 317 g/mol. The summed E-state index contributed by atoms with van der Waals surface area (Å²) >= 11 is 1.09. The number of rotatable bonds is 4. The zero-order chi connectivity index (χ0) is 15.7. The van der Waals surface area contributed by atoms with Crippen LogP contribution >= 0.6 is 11.8 Å². The van der Waals surface area contributed by atoms with E-state index in [9.17, 15) is 9.18 Å². The maximum absolute atomic E-state index is 13.9. The molecule has 0 amide bonds. The molecule has 0 aliphatic rings. The predicted octanol–water partition coefficient (Wildman–Crippen LogP) is 2.95. The number of carbonyl (C=O) groups is 1. The Hall–Kier alpha value is -2.41. The molecule has 0 unspecified atom stereocenters. The number of carboxylic acids is 1.